The van der Waals surface area contributed by atoms with Crippen LogP contribution in [-0.4, -0.2) is 39.0 Å². The van der Waals surface area contributed by atoms with Crippen molar-refractivity contribution in [1.82, 2.24) is 39.0 Å². The summed E-state index contributed by atoms with van der Waals surface area (Å²) in [5, 5.41) is 7.48. The molecule has 0 spiro atoms. The number of fused-ring (bicyclic) bond motifs is 8. The molecule has 0 saturated carbocycles. The SMILES string of the molecule is Cc1cc2c(ccn(-c3nc(-c4ccccc4)nc(-c4ccccc4)n3)c3c1ccc1ccccc13)c1ccc3ccccc3c1n2-c1nc(C2=CCCC=C2)nc(-c2ccccc2)n1. The maximum absolute atomic E-state index is 5.35. The summed E-state index contributed by atoms with van der Waals surface area (Å²) in [4.78, 5) is 31.4. The summed E-state index contributed by atoms with van der Waals surface area (Å²) in [6, 6.07) is 60.8. The summed E-state index contributed by atoms with van der Waals surface area (Å²) in [7, 11) is 0. The Morgan fingerprint density at radius 3 is 1.54 bits per heavy atom. The molecule has 308 valence electrons. The Morgan fingerprint density at radius 2 is 0.938 bits per heavy atom. The first-order chi connectivity index (χ1) is 32.1. The molecule has 0 aliphatic heterocycles. The van der Waals surface area contributed by atoms with E-state index in [2.05, 4.69) is 138 Å². The average Bonchev–Trinajstić information content (AvgIpc) is 3.72. The van der Waals surface area contributed by atoms with Crippen molar-refractivity contribution in [3.05, 3.63) is 212 Å². The molecule has 0 atom stereocenters. The van der Waals surface area contributed by atoms with E-state index < -0.39 is 0 Å². The molecule has 0 saturated heterocycles. The monoisotopic (exact) mass is 836 g/mol. The summed E-state index contributed by atoms with van der Waals surface area (Å²) >= 11 is 0. The molecule has 7 aromatic carbocycles. The number of rotatable bonds is 6. The second-order valence-electron chi connectivity index (χ2n) is 16.3. The van der Waals surface area contributed by atoms with E-state index in [9.17, 15) is 0 Å². The maximum Gasteiger partial charge on any atom is 0.238 e. The van der Waals surface area contributed by atoms with Gasteiger partial charge in [0.2, 0.25) is 11.9 Å². The van der Waals surface area contributed by atoms with E-state index in [0.29, 0.717) is 35.2 Å². The zero-order valence-corrected chi connectivity index (χ0v) is 35.5. The molecule has 0 amide bonds. The van der Waals surface area contributed by atoms with E-state index in [4.69, 9.17) is 29.9 Å². The zero-order chi connectivity index (χ0) is 43.3. The molecule has 0 unspecified atom stereocenters. The summed E-state index contributed by atoms with van der Waals surface area (Å²) in [6.07, 6.45) is 10.6. The fraction of sp³-hybridized carbons (Fsp3) is 0.0526. The molecule has 8 heteroatoms. The molecule has 8 nitrogen and oxygen atoms in total. The van der Waals surface area contributed by atoms with E-state index in [1.165, 1.54) is 0 Å². The van der Waals surface area contributed by atoms with Crippen molar-refractivity contribution >= 4 is 59.8 Å². The lowest BCUT2D eigenvalue weighted by molar-refractivity contribution is 0.928. The molecule has 11 aromatic rings. The minimum atomic E-state index is 0.500. The highest BCUT2D eigenvalue weighted by Crippen LogP contribution is 2.38. The lowest BCUT2D eigenvalue weighted by atomic mass is 10.0. The molecule has 0 radical (unpaired) electrons. The minimum Gasteiger partial charge on any atom is -0.285 e. The van der Waals surface area contributed by atoms with Crippen molar-refractivity contribution in [3.63, 3.8) is 0 Å². The number of aromatic nitrogens is 8. The standard InChI is InChI=1S/C57H40N8/c1-37-36-49-47(48-33-31-39-19-15-17-29-46(39)51(48)65(49)57-62-54(42-24-10-4-11-25-42)59-55(63-57)43-26-12-5-13-27-43)34-35-64(50-44(37)32-30-38-18-14-16-28-45(38)50)56-60-52(40-20-6-2-7-21-40)58-53(61-56)41-22-8-3-9-23-41/h2-4,6-12,14-36H,5,13H2,1H3. The van der Waals surface area contributed by atoms with E-state index in [0.717, 1.165) is 94.9 Å². The molecule has 1 aliphatic carbocycles. The highest BCUT2D eigenvalue weighted by Gasteiger charge is 2.21. The van der Waals surface area contributed by atoms with Gasteiger partial charge in [-0.3, -0.25) is 9.13 Å². The minimum absolute atomic E-state index is 0.500. The predicted octanol–water partition coefficient (Wildman–Crippen LogP) is 13.6. The number of hydrogen-bond donors (Lipinski definition) is 0. The van der Waals surface area contributed by atoms with Crippen LogP contribution in [-0.2, 0) is 0 Å². The van der Waals surface area contributed by atoms with Crippen LogP contribution in [0.1, 0.15) is 24.2 Å². The Kier molecular flexibility index (Phi) is 9.34. The average molecular weight is 837 g/mol. The van der Waals surface area contributed by atoms with Crippen LogP contribution in [0, 0.1) is 6.92 Å². The topological polar surface area (TPSA) is 87.2 Å². The highest BCUT2D eigenvalue weighted by atomic mass is 15.2. The molecular weight excluding hydrogens is 797 g/mol. The zero-order valence-electron chi connectivity index (χ0n) is 35.5. The molecule has 0 N–H and O–H groups in total. The third kappa shape index (κ3) is 6.80. The van der Waals surface area contributed by atoms with E-state index in [1.54, 1.807) is 0 Å². The molecule has 65 heavy (non-hydrogen) atoms. The molecular formula is C57H40N8. The summed E-state index contributed by atoms with van der Waals surface area (Å²) in [5.41, 5.74) is 7.68. The largest absolute Gasteiger partial charge is 0.285 e. The van der Waals surface area contributed by atoms with Gasteiger partial charge < -0.3 is 0 Å². The lowest BCUT2D eigenvalue weighted by Crippen LogP contribution is -2.08. The molecule has 0 bridgehead atoms. The van der Waals surface area contributed by atoms with E-state index >= 15 is 0 Å². The Labute approximate surface area is 374 Å². The molecule has 1 aliphatic rings. The first kappa shape index (κ1) is 38.1. The van der Waals surface area contributed by atoms with Crippen LogP contribution < -0.4 is 0 Å². The second kappa shape index (κ2) is 15.9. The quantitative estimate of drug-likeness (QED) is 0.166. The Bertz CT molecular complexity index is 3720. The second-order valence-corrected chi connectivity index (χ2v) is 16.3. The van der Waals surface area contributed by atoms with Gasteiger partial charge in [-0.25, -0.2) is 9.97 Å². The Morgan fingerprint density at radius 1 is 0.415 bits per heavy atom. The van der Waals surface area contributed by atoms with Gasteiger partial charge in [-0.2, -0.15) is 19.9 Å². The first-order valence-corrected chi connectivity index (χ1v) is 21.9. The third-order valence-electron chi connectivity index (χ3n) is 12.3. The van der Waals surface area contributed by atoms with Gasteiger partial charge in [0, 0.05) is 55.4 Å². The van der Waals surface area contributed by atoms with E-state index in [1.807, 2.05) is 78.9 Å². The fourth-order valence-electron chi connectivity index (χ4n) is 9.12. The summed E-state index contributed by atoms with van der Waals surface area (Å²) in [5.74, 6) is 3.47. The molecule has 0 fully saturated rings. The van der Waals surface area contributed by atoms with E-state index in [-0.39, 0.29) is 0 Å². The molecule has 4 heterocycles. The van der Waals surface area contributed by atoms with Crippen LogP contribution >= 0.6 is 0 Å². The van der Waals surface area contributed by atoms with Gasteiger partial charge >= 0.3 is 0 Å². The van der Waals surface area contributed by atoms with Gasteiger partial charge in [-0.05, 0) is 48.2 Å². The van der Waals surface area contributed by atoms with Crippen molar-refractivity contribution in [2.45, 2.75) is 19.8 Å². The van der Waals surface area contributed by atoms with Crippen LogP contribution in [0.5, 0.6) is 0 Å². The Hall–Kier alpha value is -8.62. The van der Waals surface area contributed by atoms with Crippen molar-refractivity contribution in [2.75, 3.05) is 0 Å². The van der Waals surface area contributed by atoms with Crippen molar-refractivity contribution in [3.8, 4) is 46.1 Å². The number of hydrogen-bond acceptors (Lipinski definition) is 6. The van der Waals surface area contributed by atoms with Gasteiger partial charge in [0.15, 0.2) is 23.3 Å². The maximum atomic E-state index is 5.35. The summed E-state index contributed by atoms with van der Waals surface area (Å²) in [6.45, 7) is 2.19. The molecule has 12 rings (SSSR count). The van der Waals surface area contributed by atoms with Crippen LogP contribution in [0.2, 0.25) is 0 Å². The number of benzene rings is 7. The van der Waals surface area contributed by atoms with Gasteiger partial charge in [-0.15, -0.1) is 0 Å². The van der Waals surface area contributed by atoms with Crippen molar-refractivity contribution in [2.24, 2.45) is 0 Å². The molecule has 4 aromatic heterocycles. The van der Waals surface area contributed by atoms with Crippen LogP contribution in [0.25, 0.3) is 106 Å². The Balaban J connectivity index is 1.24. The fourth-order valence-corrected chi connectivity index (χ4v) is 9.12. The van der Waals surface area contributed by atoms with Gasteiger partial charge in [0.05, 0.1) is 16.6 Å². The van der Waals surface area contributed by atoms with Gasteiger partial charge in [0.1, 0.15) is 0 Å². The summed E-state index contributed by atoms with van der Waals surface area (Å²) < 4.78 is 4.39. The van der Waals surface area contributed by atoms with Crippen molar-refractivity contribution in [1.29, 1.82) is 0 Å². The van der Waals surface area contributed by atoms with Gasteiger partial charge in [-0.1, -0.05) is 182 Å². The van der Waals surface area contributed by atoms with Gasteiger partial charge in [0.25, 0.3) is 0 Å². The predicted molar refractivity (Wildman–Crippen MR) is 264 cm³/mol. The number of aryl methyl sites for hydroxylation is 1. The first-order valence-electron chi connectivity index (χ1n) is 21.9. The highest BCUT2D eigenvalue weighted by molar-refractivity contribution is 6.18. The van der Waals surface area contributed by atoms with Crippen LogP contribution in [0.3, 0.4) is 0 Å². The smallest absolute Gasteiger partial charge is 0.238 e. The lowest BCUT2D eigenvalue weighted by Gasteiger charge is -2.14. The number of nitrogens with zero attached hydrogens (tertiary/aromatic N) is 8. The normalized spacial score (nSPS) is 12.6. The van der Waals surface area contributed by atoms with Crippen molar-refractivity contribution < 1.29 is 0 Å². The van der Waals surface area contributed by atoms with Crippen LogP contribution in [0.15, 0.2) is 200 Å². The third-order valence-corrected chi connectivity index (χ3v) is 12.3. The van der Waals surface area contributed by atoms with Crippen LogP contribution in [0.4, 0.5) is 0 Å². The number of allylic oxidation sites excluding steroid dienone is 4.